The van der Waals surface area contributed by atoms with E-state index in [0.29, 0.717) is 47.4 Å². The normalized spacial score (nSPS) is 16.1. The number of alkyl halides is 3. The van der Waals surface area contributed by atoms with E-state index in [1.165, 1.54) is 48.8 Å². The molecule has 6 N–H and O–H groups in total. The maximum absolute atomic E-state index is 14.6. The molecule has 3 heterocycles. The van der Waals surface area contributed by atoms with Crippen molar-refractivity contribution in [3.63, 3.8) is 0 Å². The maximum atomic E-state index is 14.6. The molecule has 304 valence electrons. The van der Waals surface area contributed by atoms with Crippen molar-refractivity contribution < 1.29 is 35.9 Å². The number of rotatable bonds is 12. The Morgan fingerprint density at radius 2 is 1.63 bits per heavy atom. The lowest BCUT2D eigenvalue weighted by molar-refractivity contribution is -0.137. The summed E-state index contributed by atoms with van der Waals surface area (Å²) in [5.74, 6) is -2.80. The van der Waals surface area contributed by atoms with Crippen LogP contribution in [-0.2, 0) is 27.9 Å². The van der Waals surface area contributed by atoms with E-state index in [2.05, 4.69) is 41.5 Å². The van der Waals surface area contributed by atoms with E-state index in [0.717, 1.165) is 30.3 Å². The van der Waals surface area contributed by atoms with Crippen molar-refractivity contribution in [2.24, 2.45) is 7.05 Å². The number of carbonyl (C=O) groups is 1. The predicted molar refractivity (Wildman–Crippen MR) is 209 cm³/mol. The zero-order chi connectivity index (χ0) is 42.3. The van der Waals surface area contributed by atoms with E-state index >= 15 is 0 Å². The molecule has 15 nitrogen and oxygen atoms in total. The van der Waals surface area contributed by atoms with Crippen molar-refractivity contribution in [3.8, 4) is 6.07 Å². The summed E-state index contributed by atoms with van der Waals surface area (Å²) < 4.78 is 82.6. The molecule has 1 amide bonds. The minimum Gasteiger partial charge on any atom is -0.383 e. The number of aromatic amines is 1. The number of halogens is 4. The number of nitrogens with one attached hydrogen (secondary N) is 5. The van der Waals surface area contributed by atoms with Crippen molar-refractivity contribution in [3.05, 3.63) is 130 Å². The number of nitrogens with zero attached hydrogens (tertiary/aromatic N) is 5. The van der Waals surface area contributed by atoms with E-state index in [1.54, 1.807) is 11.7 Å². The monoisotopic (exact) mass is 830 g/mol. The van der Waals surface area contributed by atoms with E-state index in [-0.39, 0.29) is 16.0 Å². The summed E-state index contributed by atoms with van der Waals surface area (Å²) in [6.45, 7) is 1.80. The summed E-state index contributed by atoms with van der Waals surface area (Å²) in [6, 6.07) is 19.1. The number of amides is 1. The van der Waals surface area contributed by atoms with E-state index in [9.17, 15) is 40.7 Å². The van der Waals surface area contributed by atoms with Crippen LogP contribution in [0.15, 0.2) is 94.9 Å². The summed E-state index contributed by atoms with van der Waals surface area (Å²) in [4.78, 5) is 29.6. The smallest absolute Gasteiger partial charge is 0.383 e. The van der Waals surface area contributed by atoms with Crippen LogP contribution in [0, 0.1) is 17.1 Å². The number of aliphatic hydroxyl groups is 1. The van der Waals surface area contributed by atoms with Crippen LogP contribution in [0.4, 0.5) is 40.3 Å². The Hall–Kier alpha value is -6.85. The molecule has 0 radical (unpaired) electrons. The van der Waals surface area contributed by atoms with Gasteiger partial charge in [0.2, 0.25) is 0 Å². The number of sulfone groups is 1. The molecule has 4 aromatic carbocycles. The van der Waals surface area contributed by atoms with Gasteiger partial charge in [-0.05, 0) is 79.2 Å². The average Bonchev–Trinajstić information content (AvgIpc) is 3.62. The second-order valence-corrected chi connectivity index (χ2v) is 16.0. The van der Waals surface area contributed by atoms with Gasteiger partial charge in [0, 0.05) is 48.3 Å². The van der Waals surface area contributed by atoms with Crippen LogP contribution < -0.4 is 26.8 Å². The molecular weight excluding hydrogens is 797 g/mol. The highest BCUT2D eigenvalue weighted by molar-refractivity contribution is 7.91. The van der Waals surface area contributed by atoms with Gasteiger partial charge < -0.3 is 26.4 Å². The van der Waals surface area contributed by atoms with Gasteiger partial charge in [0.1, 0.15) is 18.0 Å². The zero-order valence-corrected chi connectivity index (χ0v) is 31.9. The van der Waals surface area contributed by atoms with Crippen LogP contribution in [-0.4, -0.2) is 68.8 Å². The molecule has 0 aliphatic carbocycles. The van der Waals surface area contributed by atoms with Gasteiger partial charge >= 0.3 is 6.18 Å². The minimum absolute atomic E-state index is 0.170. The lowest BCUT2D eigenvalue weighted by Crippen LogP contribution is -2.45. The third-order valence-corrected chi connectivity index (χ3v) is 11.7. The SMILES string of the molecule is Cn1ncnc1[C@H]1c2n[nH]c(=O)c3cc(F)cc(c23)N[C@@H]1c1ccc(NCCNc2ccc(S(=O)(=O)CC(C)(O)C(=O)Nc3ccc(C#N)c(C(F)(F)F)c3)cc2)cc1. The fourth-order valence-electron chi connectivity index (χ4n) is 6.91. The van der Waals surface area contributed by atoms with Gasteiger partial charge in [0.15, 0.2) is 15.4 Å². The fourth-order valence-corrected chi connectivity index (χ4v) is 8.50. The molecule has 20 heteroatoms. The van der Waals surface area contributed by atoms with Crippen LogP contribution in [0.1, 0.15) is 47.1 Å². The topological polar surface area (TPSA) is 220 Å². The van der Waals surface area contributed by atoms with Crippen LogP contribution in [0.2, 0.25) is 0 Å². The molecule has 7 rings (SSSR count). The molecular formula is C39H34F4N10O5S. The molecule has 0 spiro atoms. The first kappa shape index (κ1) is 40.4. The van der Waals surface area contributed by atoms with Crippen LogP contribution >= 0.6 is 0 Å². The molecule has 2 aromatic heterocycles. The standard InChI is InChI=1S/C39H34F4N10O5S/c1-38(56,37(55)49-26-8-5-22(18-44)29(17-26)39(41,42)43)19-59(57,58)27-11-9-25(10-12-27)46-14-13-45-24-6-3-21(4-7-24)33-32(35-47-20-48-53(35)2)34-31-28(36(54)52-51-34)15-23(40)16-30(31)50-33/h3-12,15-17,20,32-33,45-46,50,56H,13-14,19H2,1-2H3,(H,49,55)(H,52,54)/t32-,33-,38?/m1/s1. The first-order chi connectivity index (χ1) is 27.9. The zero-order valence-electron chi connectivity index (χ0n) is 31.1. The quantitative estimate of drug-likeness (QED) is 0.0704. The molecule has 0 bridgehead atoms. The van der Waals surface area contributed by atoms with Gasteiger partial charge in [-0.15, -0.1) is 0 Å². The molecule has 1 unspecified atom stereocenters. The number of hydrogen-bond acceptors (Lipinski definition) is 12. The Balaban J connectivity index is 0.955. The number of benzene rings is 4. The molecule has 1 aliphatic rings. The highest BCUT2D eigenvalue weighted by Gasteiger charge is 2.39. The number of anilines is 4. The van der Waals surface area contributed by atoms with Gasteiger partial charge in [-0.3, -0.25) is 14.3 Å². The molecule has 3 atom stereocenters. The minimum atomic E-state index is -4.89. The molecule has 0 saturated carbocycles. The third-order valence-electron chi connectivity index (χ3n) is 9.78. The van der Waals surface area contributed by atoms with Crippen molar-refractivity contribution in [1.82, 2.24) is 25.0 Å². The average molecular weight is 831 g/mol. The van der Waals surface area contributed by atoms with Crippen LogP contribution in [0.25, 0.3) is 10.8 Å². The van der Waals surface area contributed by atoms with Crippen molar-refractivity contribution in [2.45, 2.75) is 35.6 Å². The number of hydrogen-bond donors (Lipinski definition) is 6. The highest BCUT2D eigenvalue weighted by Crippen LogP contribution is 2.46. The van der Waals surface area contributed by atoms with E-state index < -0.39 is 67.7 Å². The molecule has 0 fully saturated rings. The molecule has 59 heavy (non-hydrogen) atoms. The molecule has 0 saturated heterocycles. The van der Waals surface area contributed by atoms with Gasteiger partial charge in [-0.25, -0.2) is 22.9 Å². The highest BCUT2D eigenvalue weighted by atomic mass is 32.2. The largest absolute Gasteiger partial charge is 0.417 e. The predicted octanol–water partition coefficient (Wildman–Crippen LogP) is 5.07. The van der Waals surface area contributed by atoms with Crippen molar-refractivity contribution >= 4 is 49.3 Å². The summed E-state index contributed by atoms with van der Waals surface area (Å²) in [6.07, 6.45) is -3.46. The summed E-state index contributed by atoms with van der Waals surface area (Å²) >= 11 is 0. The lowest BCUT2D eigenvalue weighted by Gasteiger charge is -2.33. The van der Waals surface area contributed by atoms with Crippen molar-refractivity contribution in [2.75, 3.05) is 40.1 Å². The first-order valence-electron chi connectivity index (χ1n) is 17.8. The first-order valence-corrected chi connectivity index (χ1v) is 19.5. The Kier molecular flexibility index (Phi) is 10.6. The Morgan fingerprint density at radius 3 is 2.24 bits per heavy atom. The summed E-state index contributed by atoms with van der Waals surface area (Å²) in [7, 11) is -2.50. The van der Waals surface area contributed by atoms with Gasteiger partial charge in [-0.1, -0.05) is 12.1 Å². The van der Waals surface area contributed by atoms with Crippen LogP contribution in [0.3, 0.4) is 0 Å². The van der Waals surface area contributed by atoms with Gasteiger partial charge in [-0.2, -0.15) is 28.6 Å². The summed E-state index contributed by atoms with van der Waals surface area (Å²) in [5.41, 5.74) is -2.24. The third kappa shape index (κ3) is 8.28. The van der Waals surface area contributed by atoms with Gasteiger partial charge in [0.25, 0.3) is 11.5 Å². The number of aryl methyl sites for hydroxylation is 1. The van der Waals surface area contributed by atoms with E-state index in [4.69, 9.17) is 5.26 Å². The molecule has 1 aliphatic heterocycles. The van der Waals surface area contributed by atoms with E-state index in [1.807, 2.05) is 24.3 Å². The summed E-state index contributed by atoms with van der Waals surface area (Å²) in [5, 5.41) is 43.5. The number of H-pyrrole nitrogens is 1. The second kappa shape index (κ2) is 15.5. The molecule has 6 aromatic rings. The Morgan fingerprint density at radius 1 is 0.983 bits per heavy atom. The fraction of sp³-hybridized carbons (Fsp3) is 0.231. The van der Waals surface area contributed by atoms with Gasteiger partial charge in [0.05, 0.1) is 50.9 Å². The second-order valence-electron chi connectivity index (χ2n) is 14.0. The van der Waals surface area contributed by atoms with Crippen LogP contribution in [0.5, 0.6) is 0 Å². The lowest BCUT2D eigenvalue weighted by atomic mass is 9.83. The Bertz CT molecular complexity index is 2790. The maximum Gasteiger partial charge on any atom is 0.417 e. The Labute approximate surface area is 333 Å². The number of nitriles is 1. The van der Waals surface area contributed by atoms with Crippen molar-refractivity contribution in [1.29, 1.82) is 5.26 Å². The number of carbonyl (C=O) groups excluding carboxylic acids is 1. The number of aromatic nitrogens is 5.